The van der Waals surface area contributed by atoms with E-state index < -0.39 is 0 Å². The van der Waals surface area contributed by atoms with Gasteiger partial charge in [0.1, 0.15) is 17.3 Å². The number of anilines is 1. The van der Waals surface area contributed by atoms with Crippen molar-refractivity contribution in [3.8, 4) is 22.9 Å². The molecule has 0 radical (unpaired) electrons. The van der Waals surface area contributed by atoms with E-state index in [1.54, 1.807) is 12.1 Å². The van der Waals surface area contributed by atoms with Crippen molar-refractivity contribution in [2.75, 3.05) is 18.5 Å². The van der Waals surface area contributed by atoms with Crippen LogP contribution in [0.4, 0.5) is 5.82 Å². The first-order valence-electron chi connectivity index (χ1n) is 11.4. The molecule has 0 aliphatic carbocycles. The number of carbonyl (C=O) groups is 1. The van der Waals surface area contributed by atoms with Crippen LogP contribution in [-0.2, 0) is 4.79 Å². The first-order chi connectivity index (χ1) is 16.7. The summed E-state index contributed by atoms with van der Waals surface area (Å²) in [7, 11) is 0. The second kappa shape index (κ2) is 11.3. The van der Waals surface area contributed by atoms with Crippen LogP contribution in [0.1, 0.15) is 34.1 Å². The molecule has 0 aliphatic rings. The van der Waals surface area contributed by atoms with E-state index in [4.69, 9.17) is 30.6 Å². The van der Waals surface area contributed by atoms with Gasteiger partial charge in [-0.15, -0.1) is 0 Å². The third-order valence-electron chi connectivity index (χ3n) is 4.71. The first-order valence-corrected chi connectivity index (χ1v) is 11.4. The van der Waals surface area contributed by atoms with Gasteiger partial charge in [-0.2, -0.15) is 0 Å². The second-order valence-corrected chi connectivity index (χ2v) is 8.93. The molecule has 0 unspecified atom stereocenters. The Morgan fingerprint density at radius 3 is 2.57 bits per heavy atom. The molecule has 0 fully saturated rings. The summed E-state index contributed by atoms with van der Waals surface area (Å²) in [5.74, 6) is 1.97. The zero-order valence-electron chi connectivity index (χ0n) is 20.5. The number of allylic oxidation sites excluding steroid dienone is 1. The minimum absolute atomic E-state index is 0.101. The molecule has 0 aliphatic heterocycles. The number of rotatable bonds is 10. The van der Waals surface area contributed by atoms with Crippen LogP contribution in [0, 0.1) is 5.41 Å². The highest BCUT2D eigenvalue weighted by Crippen LogP contribution is 2.30. The summed E-state index contributed by atoms with van der Waals surface area (Å²) in [6.45, 7) is 8.28. The van der Waals surface area contributed by atoms with E-state index >= 15 is 0 Å². The molecular weight excluding hydrogens is 444 g/mol. The average molecular weight is 477 g/mol. The van der Waals surface area contributed by atoms with Crippen molar-refractivity contribution in [2.45, 2.75) is 39.7 Å². The van der Waals surface area contributed by atoms with Crippen molar-refractivity contribution in [1.29, 1.82) is 5.41 Å². The maximum absolute atomic E-state index is 12.1. The van der Waals surface area contributed by atoms with Gasteiger partial charge in [-0.3, -0.25) is 4.79 Å². The number of nitrogens with two attached hydrogens (primary N) is 1. The fourth-order valence-corrected chi connectivity index (χ4v) is 3.23. The number of ether oxygens (including phenoxy) is 2. The van der Waals surface area contributed by atoms with Crippen molar-refractivity contribution in [2.24, 2.45) is 5.73 Å². The van der Waals surface area contributed by atoms with Gasteiger partial charge in [0.15, 0.2) is 12.4 Å². The van der Waals surface area contributed by atoms with Crippen molar-refractivity contribution < 1.29 is 14.3 Å². The molecule has 2 aromatic carbocycles. The molecule has 0 spiro atoms. The largest absolute Gasteiger partial charge is 0.494 e. The van der Waals surface area contributed by atoms with Crippen LogP contribution in [0.3, 0.4) is 0 Å². The Balaban J connectivity index is 1.95. The summed E-state index contributed by atoms with van der Waals surface area (Å²) in [5, 5.41) is 14.3. The second-order valence-electron chi connectivity index (χ2n) is 8.93. The van der Waals surface area contributed by atoms with Gasteiger partial charge in [0.05, 0.1) is 17.8 Å². The van der Waals surface area contributed by atoms with E-state index in [1.165, 1.54) is 6.20 Å². The molecular formula is C26H32N6O3. The highest BCUT2D eigenvalue weighted by Gasteiger charge is 2.15. The number of aromatic nitrogens is 2. The third kappa shape index (κ3) is 7.17. The maximum Gasteiger partial charge on any atom is 0.258 e. The quantitative estimate of drug-likeness (QED) is 0.321. The van der Waals surface area contributed by atoms with Crippen LogP contribution < -0.4 is 25.8 Å². The van der Waals surface area contributed by atoms with Gasteiger partial charge in [0.2, 0.25) is 0 Å². The Morgan fingerprint density at radius 1 is 1.11 bits per heavy atom. The SMILES string of the molecule is CCCOc1ccc2nc(-c3cccc(OCC(=O)NC(C)(C)C)c3)nc(N/C(C=N)=C/N)c2c1. The van der Waals surface area contributed by atoms with E-state index in [1.807, 2.05) is 58.0 Å². The van der Waals surface area contributed by atoms with Crippen LogP contribution >= 0.6 is 0 Å². The molecule has 9 heteroatoms. The summed E-state index contributed by atoms with van der Waals surface area (Å²) in [6, 6.07) is 12.8. The highest BCUT2D eigenvalue weighted by atomic mass is 16.5. The first kappa shape index (κ1) is 25.5. The summed E-state index contributed by atoms with van der Waals surface area (Å²) < 4.78 is 11.5. The minimum Gasteiger partial charge on any atom is -0.494 e. The fourth-order valence-electron chi connectivity index (χ4n) is 3.23. The molecule has 0 atom stereocenters. The standard InChI is InChI=1S/C26H32N6O3/c1-5-11-34-20-9-10-22-21(13-20)25(29-18(14-27)15-28)31-24(30-22)17-7-6-8-19(12-17)35-16-23(33)32-26(2,3)4/h6-10,12-15,27H,5,11,16,28H2,1-4H3,(H,32,33)(H,29,30,31)/b18-15+,27-14?. The Bertz CT molecular complexity index is 1230. The molecule has 3 aromatic rings. The van der Waals surface area contributed by atoms with Crippen LogP contribution in [0.2, 0.25) is 0 Å². The van der Waals surface area contributed by atoms with E-state index in [9.17, 15) is 4.79 Å². The highest BCUT2D eigenvalue weighted by molar-refractivity contribution is 5.94. The molecule has 0 saturated heterocycles. The molecule has 9 nitrogen and oxygen atoms in total. The molecule has 1 heterocycles. The van der Waals surface area contributed by atoms with Gasteiger partial charge >= 0.3 is 0 Å². The van der Waals surface area contributed by atoms with Gasteiger partial charge in [0, 0.05) is 28.9 Å². The maximum atomic E-state index is 12.1. The fraction of sp³-hybridized carbons (Fsp3) is 0.308. The van der Waals surface area contributed by atoms with Crippen LogP contribution in [0.5, 0.6) is 11.5 Å². The molecule has 35 heavy (non-hydrogen) atoms. The summed E-state index contributed by atoms with van der Waals surface area (Å²) in [5.41, 5.74) is 7.10. The topological polar surface area (TPSA) is 135 Å². The number of nitrogens with one attached hydrogen (secondary N) is 3. The van der Waals surface area contributed by atoms with E-state index in [0.717, 1.165) is 18.0 Å². The Morgan fingerprint density at radius 2 is 1.89 bits per heavy atom. The predicted molar refractivity (Wildman–Crippen MR) is 139 cm³/mol. The van der Waals surface area contributed by atoms with Crippen LogP contribution in [0.15, 0.2) is 54.4 Å². The van der Waals surface area contributed by atoms with Gasteiger partial charge in [-0.1, -0.05) is 19.1 Å². The van der Waals surface area contributed by atoms with Crippen LogP contribution in [-0.4, -0.2) is 40.8 Å². The minimum atomic E-state index is -0.334. The number of hydrogen-bond acceptors (Lipinski definition) is 8. The van der Waals surface area contributed by atoms with Crippen molar-refractivity contribution >= 4 is 28.8 Å². The van der Waals surface area contributed by atoms with Gasteiger partial charge in [-0.05, 0) is 57.5 Å². The van der Waals surface area contributed by atoms with Crippen LogP contribution in [0.25, 0.3) is 22.3 Å². The summed E-state index contributed by atoms with van der Waals surface area (Å²) in [6.07, 6.45) is 3.31. The van der Waals surface area contributed by atoms with Gasteiger partial charge < -0.3 is 31.3 Å². The average Bonchev–Trinajstić information content (AvgIpc) is 2.83. The lowest BCUT2D eigenvalue weighted by atomic mass is 10.1. The number of amides is 1. The molecule has 1 amide bonds. The summed E-state index contributed by atoms with van der Waals surface area (Å²) >= 11 is 0. The van der Waals surface area contributed by atoms with Crippen molar-refractivity contribution in [3.05, 3.63) is 54.4 Å². The molecule has 0 saturated carbocycles. The Hall–Kier alpha value is -4.14. The number of nitrogens with zero attached hydrogens (tertiary/aromatic N) is 2. The van der Waals surface area contributed by atoms with Crippen molar-refractivity contribution in [1.82, 2.24) is 15.3 Å². The molecule has 5 N–H and O–H groups in total. The number of fused-ring (bicyclic) bond motifs is 1. The predicted octanol–water partition coefficient (Wildman–Crippen LogP) is 4.24. The molecule has 0 bridgehead atoms. The lowest BCUT2D eigenvalue weighted by Crippen LogP contribution is -2.43. The number of carbonyl (C=O) groups excluding carboxylic acids is 1. The van der Waals surface area contributed by atoms with Crippen molar-refractivity contribution in [3.63, 3.8) is 0 Å². The zero-order chi connectivity index (χ0) is 25.4. The van der Waals surface area contributed by atoms with E-state index in [0.29, 0.717) is 46.5 Å². The lowest BCUT2D eigenvalue weighted by Gasteiger charge is -2.20. The monoisotopic (exact) mass is 476 g/mol. The number of benzene rings is 2. The van der Waals surface area contributed by atoms with E-state index in [-0.39, 0.29) is 18.1 Å². The van der Waals surface area contributed by atoms with Gasteiger partial charge in [-0.25, -0.2) is 9.97 Å². The normalized spacial score (nSPS) is 11.7. The van der Waals surface area contributed by atoms with E-state index in [2.05, 4.69) is 10.6 Å². The lowest BCUT2D eigenvalue weighted by molar-refractivity contribution is -0.124. The number of hydrogen-bond donors (Lipinski definition) is 4. The van der Waals surface area contributed by atoms with Gasteiger partial charge in [0.25, 0.3) is 5.91 Å². The molecule has 1 aromatic heterocycles. The Kier molecular flexibility index (Phi) is 8.25. The third-order valence-corrected chi connectivity index (χ3v) is 4.71. The Labute approximate surface area is 205 Å². The summed E-state index contributed by atoms with van der Waals surface area (Å²) in [4.78, 5) is 21.5. The molecule has 3 rings (SSSR count). The zero-order valence-corrected chi connectivity index (χ0v) is 20.5. The smallest absolute Gasteiger partial charge is 0.258 e. The molecule has 184 valence electrons.